The van der Waals surface area contributed by atoms with E-state index in [9.17, 15) is 4.79 Å². The summed E-state index contributed by atoms with van der Waals surface area (Å²) in [6.07, 6.45) is 18.5. The summed E-state index contributed by atoms with van der Waals surface area (Å²) in [5, 5.41) is 4.77. The predicted octanol–water partition coefficient (Wildman–Crippen LogP) is 4.81. The normalized spacial score (nSPS) is 17.2. The Labute approximate surface area is 196 Å². The van der Waals surface area contributed by atoms with Gasteiger partial charge < -0.3 is 4.74 Å². The first-order valence-corrected chi connectivity index (χ1v) is 9.27. The van der Waals surface area contributed by atoms with Crippen LogP contribution < -0.4 is 4.74 Å². The largest absolute Gasteiger partial charge is 2.00 e. The zero-order valence-corrected chi connectivity index (χ0v) is 18.1. The summed E-state index contributed by atoms with van der Waals surface area (Å²) in [6.45, 7) is 0. The second-order valence-corrected chi connectivity index (χ2v) is 6.76. The number of halogens is 3. The molecule has 0 aliphatic heterocycles. The van der Waals surface area contributed by atoms with E-state index in [2.05, 4.69) is 10.1 Å². The van der Waals surface area contributed by atoms with Crippen LogP contribution in [0.15, 0.2) is 24.8 Å². The standard InChI is InChI=1S/C15H9Cl3N3O2.C5H5.Fe/c16-10-5-12(18)13(6-11(10)17)23-15(21-8-19-7-20-21)14(22)9-3-1-2-4-9;1-2-4-5-3-1;/h1-8,15H;1-5H;/q;;+2. The van der Waals surface area contributed by atoms with Gasteiger partial charge in [-0.1, -0.05) is 34.8 Å². The van der Waals surface area contributed by atoms with Gasteiger partial charge in [0, 0.05) is 6.07 Å². The molecule has 2 fully saturated rings. The number of hydrogen-bond donors (Lipinski definition) is 0. The Morgan fingerprint density at radius 3 is 2.03 bits per heavy atom. The number of carbonyl (C=O) groups is 1. The molecular weight excluding hydrogens is 476 g/mol. The maximum atomic E-state index is 12.7. The van der Waals surface area contributed by atoms with E-state index in [1.54, 1.807) is 25.7 Å². The maximum Gasteiger partial charge on any atom is 2.00 e. The molecule has 0 amide bonds. The average molecular weight is 491 g/mol. The third-order valence-corrected chi connectivity index (χ3v) is 4.63. The van der Waals surface area contributed by atoms with Crippen molar-refractivity contribution in [3.8, 4) is 5.75 Å². The van der Waals surface area contributed by atoms with Gasteiger partial charge in [-0.25, -0.2) is 9.67 Å². The summed E-state index contributed by atoms with van der Waals surface area (Å²) in [5.74, 6) is 0.422. The Morgan fingerprint density at radius 1 is 0.897 bits per heavy atom. The molecule has 10 radical (unpaired) electrons. The average Bonchev–Trinajstić information content (AvgIpc) is 3.46. The number of benzene rings is 1. The van der Waals surface area contributed by atoms with Gasteiger partial charge in [-0.3, -0.25) is 4.79 Å². The van der Waals surface area contributed by atoms with Crippen LogP contribution in [-0.4, -0.2) is 20.5 Å². The molecule has 9 heteroatoms. The molecule has 1 heterocycles. The summed E-state index contributed by atoms with van der Waals surface area (Å²) in [6, 6.07) is 2.90. The summed E-state index contributed by atoms with van der Waals surface area (Å²) in [4.78, 5) is 16.5. The van der Waals surface area contributed by atoms with E-state index in [1.165, 1.54) is 29.5 Å². The molecule has 1 aromatic heterocycles. The number of ketones is 1. The first-order valence-electron chi connectivity index (χ1n) is 8.14. The van der Waals surface area contributed by atoms with Crippen molar-refractivity contribution < 1.29 is 26.6 Å². The van der Waals surface area contributed by atoms with Crippen LogP contribution in [0.4, 0.5) is 0 Å². The minimum Gasteiger partial charge on any atom is -0.460 e. The molecule has 0 saturated heterocycles. The van der Waals surface area contributed by atoms with Crippen molar-refractivity contribution in [1.82, 2.24) is 14.8 Å². The molecule has 1 atom stereocenters. The number of nitrogens with zero attached hydrogens (tertiary/aromatic N) is 3. The topological polar surface area (TPSA) is 57.0 Å². The van der Waals surface area contributed by atoms with Crippen LogP contribution in [0, 0.1) is 63.7 Å². The van der Waals surface area contributed by atoms with Crippen LogP contribution in [0.1, 0.15) is 6.23 Å². The van der Waals surface area contributed by atoms with Gasteiger partial charge in [0.2, 0.25) is 5.78 Å². The Bertz CT molecular complexity index is 772. The fourth-order valence-electron chi connectivity index (χ4n) is 2.28. The number of hydrogen-bond acceptors (Lipinski definition) is 4. The van der Waals surface area contributed by atoms with Gasteiger partial charge in [0.05, 0.1) is 21.0 Å². The van der Waals surface area contributed by atoms with Gasteiger partial charge in [-0.2, -0.15) is 5.10 Å². The molecule has 4 rings (SSSR count). The molecule has 2 saturated carbocycles. The summed E-state index contributed by atoms with van der Waals surface area (Å²) >= 11 is 18.0. The van der Waals surface area contributed by atoms with Crippen molar-refractivity contribution in [2.75, 3.05) is 0 Å². The molecule has 1 aromatic carbocycles. The fraction of sp³-hybridized carbons (Fsp3) is 0.0500. The Morgan fingerprint density at radius 2 is 1.48 bits per heavy atom. The van der Waals surface area contributed by atoms with E-state index in [-0.39, 0.29) is 38.6 Å². The monoisotopic (exact) mass is 489 g/mol. The molecule has 148 valence electrons. The van der Waals surface area contributed by atoms with E-state index in [1.807, 2.05) is 32.1 Å². The van der Waals surface area contributed by atoms with Crippen LogP contribution >= 0.6 is 34.8 Å². The fourth-order valence-corrected chi connectivity index (χ4v) is 2.86. The first kappa shape index (κ1) is 24.5. The number of Topliss-reactive ketones (excluding diaryl/α,β-unsaturated/α-hetero) is 1. The van der Waals surface area contributed by atoms with Gasteiger partial charge in [-0.15, -0.1) is 0 Å². The molecule has 0 spiro atoms. The van der Waals surface area contributed by atoms with Crippen molar-refractivity contribution in [3.63, 3.8) is 0 Å². The van der Waals surface area contributed by atoms with Crippen LogP contribution in [0.25, 0.3) is 0 Å². The van der Waals surface area contributed by atoms with E-state index < -0.39 is 6.23 Å². The Hall–Kier alpha value is -0.781. The molecular formula is C20H14Cl3FeN3O2+2. The summed E-state index contributed by atoms with van der Waals surface area (Å²) in [5.41, 5.74) is 0. The Kier molecular flexibility index (Phi) is 10.3. The third-order valence-electron chi connectivity index (χ3n) is 3.62. The molecule has 2 aromatic rings. The molecule has 0 N–H and O–H groups in total. The van der Waals surface area contributed by atoms with Crippen LogP contribution in [0.5, 0.6) is 5.75 Å². The second kappa shape index (κ2) is 12.2. The number of rotatable bonds is 5. The van der Waals surface area contributed by atoms with E-state index in [0.717, 1.165) is 0 Å². The van der Waals surface area contributed by atoms with Crippen LogP contribution in [0.3, 0.4) is 0 Å². The van der Waals surface area contributed by atoms with Crippen LogP contribution in [-0.2, 0) is 21.9 Å². The van der Waals surface area contributed by atoms with Crippen molar-refractivity contribution in [1.29, 1.82) is 0 Å². The number of carbonyl (C=O) groups excluding carboxylic acids is 1. The maximum absolute atomic E-state index is 12.7. The summed E-state index contributed by atoms with van der Waals surface area (Å²) in [7, 11) is 0. The molecule has 29 heavy (non-hydrogen) atoms. The molecule has 0 bridgehead atoms. The van der Waals surface area contributed by atoms with Gasteiger partial charge >= 0.3 is 17.1 Å². The molecule has 2 aliphatic rings. The molecule has 2 aliphatic carbocycles. The third kappa shape index (κ3) is 6.86. The number of ether oxygens (including phenoxy) is 1. The molecule has 1 unspecified atom stereocenters. The SMILES string of the molecule is O=C([C]1[CH][CH][CH][CH]1)C(Oc1cc(Cl)c(Cl)cc1Cl)n1cncn1.[CH]1[CH][CH][CH][CH]1.[Fe+2]. The van der Waals surface area contributed by atoms with Gasteiger partial charge in [0.15, 0.2) is 0 Å². The van der Waals surface area contributed by atoms with Crippen molar-refractivity contribution >= 4 is 40.6 Å². The smallest absolute Gasteiger partial charge is 0.460 e. The van der Waals surface area contributed by atoms with Crippen molar-refractivity contribution in [2.45, 2.75) is 6.23 Å². The van der Waals surface area contributed by atoms with Crippen molar-refractivity contribution in [3.05, 3.63) is 104 Å². The quantitative estimate of drug-likeness (QED) is 0.446. The van der Waals surface area contributed by atoms with Gasteiger partial charge in [-0.05, 0) is 63.9 Å². The first-order chi connectivity index (χ1) is 13.6. The minimum absolute atomic E-state index is 0. The number of aromatic nitrogens is 3. The van der Waals surface area contributed by atoms with Gasteiger partial charge in [0.1, 0.15) is 18.4 Å². The second-order valence-electron chi connectivity index (χ2n) is 5.54. The minimum atomic E-state index is -1.06. The van der Waals surface area contributed by atoms with Gasteiger partial charge in [0.25, 0.3) is 6.23 Å². The van der Waals surface area contributed by atoms with Crippen molar-refractivity contribution in [2.24, 2.45) is 0 Å². The Balaban J connectivity index is 0.000000437. The van der Waals surface area contributed by atoms with Crippen LogP contribution in [0.2, 0.25) is 15.1 Å². The zero-order valence-electron chi connectivity index (χ0n) is 14.7. The summed E-state index contributed by atoms with van der Waals surface area (Å²) < 4.78 is 7.05. The molecule has 5 nitrogen and oxygen atoms in total. The zero-order chi connectivity index (χ0) is 19.9. The van der Waals surface area contributed by atoms with E-state index >= 15 is 0 Å². The van der Waals surface area contributed by atoms with E-state index in [0.29, 0.717) is 10.9 Å². The predicted molar refractivity (Wildman–Crippen MR) is 108 cm³/mol. The van der Waals surface area contributed by atoms with E-state index in [4.69, 9.17) is 39.5 Å².